The van der Waals surface area contributed by atoms with Gasteiger partial charge in [0, 0.05) is 18.5 Å². The molecule has 7 nitrogen and oxygen atoms in total. The van der Waals surface area contributed by atoms with E-state index < -0.39 is 24.1 Å². The largest absolute Gasteiger partial charge is 0.461 e. The van der Waals surface area contributed by atoms with Crippen LogP contribution in [0.5, 0.6) is 0 Å². The van der Waals surface area contributed by atoms with Crippen LogP contribution in [0.3, 0.4) is 0 Å². The maximum Gasteiger partial charge on any atom is 0.367 e. The first-order chi connectivity index (χ1) is 9.02. The van der Waals surface area contributed by atoms with Gasteiger partial charge in [-0.3, -0.25) is 4.79 Å². The Morgan fingerprint density at radius 2 is 2.11 bits per heavy atom. The Morgan fingerprint density at radius 1 is 1.47 bits per heavy atom. The third kappa shape index (κ3) is 2.91. The molecule has 1 aromatic heterocycles. The van der Waals surface area contributed by atoms with E-state index in [1.54, 1.807) is 6.92 Å². The summed E-state index contributed by atoms with van der Waals surface area (Å²) in [5.41, 5.74) is 0.120. The molecule has 2 heterocycles. The minimum absolute atomic E-state index is 0.0618. The molecule has 1 fully saturated rings. The smallest absolute Gasteiger partial charge is 0.367 e. The van der Waals surface area contributed by atoms with Crippen LogP contribution in [0.25, 0.3) is 0 Å². The number of likely N-dealkylation sites (tertiary alicyclic amines) is 1. The molecule has 1 amide bonds. The van der Waals surface area contributed by atoms with E-state index in [9.17, 15) is 19.8 Å². The molecular formula is C11H14N2O5S. The lowest BCUT2D eigenvalue weighted by Gasteiger charge is -2.13. The number of aromatic nitrogens is 1. The number of carbonyl (C=O) groups is 2. The standard InChI is InChI=1S/C11H14N2O5S/c1-2-18-11(17)9-12-6(5-19-9)10(16)13-3-7(14)8(15)4-13/h5,7-8,14-15H,2-4H2,1H3. The lowest BCUT2D eigenvalue weighted by molar-refractivity contribution is 0.0525. The quantitative estimate of drug-likeness (QED) is 0.726. The van der Waals surface area contributed by atoms with Crippen molar-refractivity contribution < 1.29 is 24.5 Å². The van der Waals surface area contributed by atoms with Crippen molar-refractivity contribution in [3.63, 3.8) is 0 Å². The molecule has 0 aromatic carbocycles. The number of carbonyl (C=O) groups excluding carboxylic acids is 2. The number of thiazole rings is 1. The van der Waals surface area contributed by atoms with E-state index in [4.69, 9.17) is 4.74 Å². The highest BCUT2D eigenvalue weighted by molar-refractivity contribution is 7.11. The van der Waals surface area contributed by atoms with Crippen molar-refractivity contribution >= 4 is 23.2 Å². The summed E-state index contributed by atoms with van der Waals surface area (Å²) in [6.07, 6.45) is -1.88. The Morgan fingerprint density at radius 3 is 2.68 bits per heavy atom. The van der Waals surface area contributed by atoms with E-state index in [1.807, 2.05) is 0 Å². The average molecular weight is 286 g/mol. The molecule has 1 aliphatic heterocycles. The van der Waals surface area contributed by atoms with Gasteiger partial charge in [0.2, 0.25) is 5.01 Å². The topological polar surface area (TPSA) is 100.0 Å². The Hall–Kier alpha value is -1.51. The van der Waals surface area contributed by atoms with Crippen molar-refractivity contribution in [3.8, 4) is 0 Å². The fourth-order valence-electron chi connectivity index (χ4n) is 1.76. The van der Waals surface area contributed by atoms with Gasteiger partial charge in [0.1, 0.15) is 5.69 Å². The minimum atomic E-state index is -0.938. The van der Waals surface area contributed by atoms with Crippen LogP contribution in [0.2, 0.25) is 0 Å². The summed E-state index contributed by atoms with van der Waals surface area (Å²) in [7, 11) is 0. The summed E-state index contributed by atoms with van der Waals surface area (Å²) in [6.45, 7) is 2.05. The van der Waals surface area contributed by atoms with Crippen LogP contribution in [-0.4, -0.2) is 63.9 Å². The number of hydrogen-bond acceptors (Lipinski definition) is 7. The van der Waals surface area contributed by atoms with Crippen LogP contribution in [0.1, 0.15) is 27.2 Å². The Labute approximate surface area is 113 Å². The van der Waals surface area contributed by atoms with E-state index in [-0.39, 0.29) is 30.4 Å². The second-order valence-electron chi connectivity index (χ2n) is 4.10. The number of aliphatic hydroxyl groups is 2. The van der Waals surface area contributed by atoms with Crippen molar-refractivity contribution in [1.29, 1.82) is 0 Å². The molecule has 0 spiro atoms. The zero-order valence-electron chi connectivity index (χ0n) is 10.3. The fraction of sp³-hybridized carbons (Fsp3) is 0.545. The molecular weight excluding hydrogens is 272 g/mol. The van der Waals surface area contributed by atoms with Crippen molar-refractivity contribution in [2.45, 2.75) is 19.1 Å². The third-order valence-corrected chi connectivity index (χ3v) is 3.54. The van der Waals surface area contributed by atoms with E-state index >= 15 is 0 Å². The second kappa shape index (κ2) is 5.64. The van der Waals surface area contributed by atoms with Gasteiger partial charge in [-0.2, -0.15) is 0 Å². The Kier molecular flexibility index (Phi) is 4.13. The first-order valence-corrected chi connectivity index (χ1v) is 6.69. The molecule has 104 valence electrons. The van der Waals surface area contributed by atoms with E-state index in [0.29, 0.717) is 0 Å². The van der Waals surface area contributed by atoms with Gasteiger partial charge in [-0.1, -0.05) is 0 Å². The number of aliphatic hydroxyl groups excluding tert-OH is 2. The average Bonchev–Trinajstić information content (AvgIpc) is 2.97. The summed E-state index contributed by atoms with van der Waals surface area (Å²) in [6, 6.07) is 0. The number of amides is 1. The van der Waals surface area contributed by atoms with Gasteiger partial charge >= 0.3 is 5.97 Å². The van der Waals surface area contributed by atoms with Crippen LogP contribution < -0.4 is 0 Å². The lowest BCUT2D eigenvalue weighted by atomic mass is 10.3. The van der Waals surface area contributed by atoms with Crippen molar-refractivity contribution in [2.24, 2.45) is 0 Å². The van der Waals surface area contributed by atoms with Crippen molar-refractivity contribution in [3.05, 3.63) is 16.1 Å². The van der Waals surface area contributed by atoms with Gasteiger partial charge in [0.25, 0.3) is 5.91 Å². The first kappa shape index (κ1) is 13.9. The fourth-order valence-corrected chi connectivity index (χ4v) is 2.44. The minimum Gasteiger partial charge on any atom is -0.461 e. The number of nitrogens with zero attached hydrogens (tertiary/aromatic N) is 2. The zero-order chi connectivity index (χ0) is 14.0. The third-order valence-electron chi connectivity index (χ3n) is 2.72. The molecule has 2 atom stereocenters. The highest BCUT2D eigenvalue weighted by Crippen LogP contribution is 2.17. The summed E-state index contributed by atoms with van der Waals surface area (Å²) >= 11 is 1.03. The number of esters is 1. The summed E-state index contributed by atoms with van der Waals surface area (Å²) in [5.74, 6) is -0.976. The summed E-state index contributed by atoms with van der Waals surface area (Å²) in [4.78, 5) is 28.7. The summed E-state index contributed by atoms with van der Waals surface area (Å²) in [5, 5.41) is 20.4. The van der Waals surface area contributed by atoms with Gasteiger partial charge in [-0.05, 0) is 6.92 Å². The Bertz CT molecular complexity index is 479. The van der Waals surface area contributed by atoms with Gasteiger partial charge < -0.3 is 19.8 Å². The van der Waals surface area contributed by atoms with Crippen LogP contribution in [0, 0.1) is 0 Å². The number of β-amino-alcohol motifs (C(OH)–C–C–N with tert-alkyl or cyclic N) is 2. The maximum atomic E-state index is 12.0. The predicted molar refractivity (Wildman–Crippen MR) is 66.0 cm³/mol. The lowest BCUT2D eigenvalue weighted by Crippen LogP contribution is -2.30. The van der Waals surface area contributed by atoms with E-state index in [2.05, 4.69) is 4.98 Å². The highest BCUT2D eigenvalue weighted by Gasteiger charge is 2.34. The molecule has 0 radical (unpaired) electrons. The SMILES string of the molecule is CCOC(=O)c1nc(C(=O)N2CC(O)C(O)C2)cs1. The molecule has 2 rings (SSSR count). The molecule has 0 saturated carbocycles. The van der Waals surface area contributed by atoms with Gasteiger partial charge in [0.05, 0.1) is 18.8 Å². The number of ether oxygens (including phenoxy) is 1. The molecule has 2 unspecified atom stereocenters. The van der Waals surface area contributed by atoms with Crippen molar-refractivity contribution in [1.82, 2.24) is 9.88 Å². The van der Waals surface area contributed by atoms with Crippen LogP contribution >= 0.6 is 11.3 Å². The second-order valence-corrected chi connectivity index (χ2v) is 4.96. The highest BCUT2D eigenvalue weighted by atomic mass is 32.1. The zero-order valence-corrected chi connectivity index (χ0v) is 11.1. The first-order valence-electron chi connectivity index (χ1n) is 5.81. The van der Waals surface area contributed by atoms with Gasteiger partial charge in [-0.15, -0.1) is 11.3 Å². The molecule has 1 saturated heterocycles. The van der Waals surface area contributed by atoms with Crippen molar-refractivity contribution in [2.75, 3.05) is 19.7 Å². The molecule has 8 heteroatoms. The predicted octanol–water partition coefficient (Wildman–Crippen LogP) is -0.503. The van der Waals surface area contributed by atoms with Crippen LogP contribution in [-0.2, 0) is 4.74 Å². The number of hydrogen-bond donors (Lipinski definition) is 2. The maximum absolute atomic E-state index is 12.0. The summed E-state index contributed by atoms with van der Waals surface area (Å²) < 4.78 is 4.78. The molecule has 2 N–H and O–H groups in total. The molecule has 19 heavy (non-hydrogen) atoms. The normalized spacial score (nSPS) is 22.6. The molecule has 1 aromatic rings. The molecule has 1 aliphatic rings. The Balaban J connectivity index is 2.06. The van der Waals surface area contributed by atoms with Crippen LogP contribution in [0.15, 0.2) is 5.38 Å². The van der Waals surface area contributed by atoms with Gasteiger partial charge in [0.15, 0.2) is 0 Å². The van der Waals surface area contributed by atoms with E-state index in [0.717, 1.165) is 11.3 Å². The van der Waals surface area contributed by atoms with E-state index in [1.165, 1.54) is 10.3 Å². The monoisotopic (exact) mass is 286 g/mol. The molecule has 0 bridgehead atoms. The van der Waals surface area contributed by atoms with Crippen LogP contribution in [0.4, 0.5) is 0 Å². The van der Waals surface area contributed by atoms with Gasteiger partial charge in [-0.25, -0.2) is 9.78 Å². The molecule has 0 aliphatic carbocycles. The number of rotatable bonds is 3.